The molecule has 0 spiro atoms. The molecular weight excluding hydrogens is 302 g/mol. The third-order valence-corrected chi connectivity index (χ3v) is 3.84. The van der Waals surface area contributed by atoms with Crippen molar-refractivity contribution in [3.05, 3.63) is 53.1 Å². The van der Waals surface area contributed by atoms with Crippen molar-refractivity contribution in [2.75, 3.05) is 18.0 Å². The molecule has 24 heavy (non-hydrogen) atoms. The molecule has 2 aromatic rings. The molecule has 126 valence electrons. The van der Waals surface area contributed by atoms with Gasteiger partial charge >= 0.3 is 0 Å². The lowest BCUT2D eigenvalue weighted by Crippen LogP contribution is -2.21. The molecule has 2 aromatic carbocycles. The molecule has 5 nitrogen and oxygen atoms in total. The predicted octanol–water partition coefficient (Wildman–Crippen LogP) is 3.40. The summed E-state index contributed by atoms with van der Waals surface area (Å²) in [5, 5.41) is 10.2. The highest BCUT2D eigenvalue weighted by Gasteiger charge is 2.06. The smallest absolute Gasteiger partial charge is 0.248 e. The Balaban J connectivity index is 2.28. The number of nitrogens with two attached hydrogens (primary N) is 1. The Hall–Kier alpha value is -2.82. The van der Waals surface area contributed by atoms with E-state index in [4.69, 9.17) is 5.73 Å². The van der Waals surface area contributed by atoms with E-state index < -0.39 is 5.91 Å². The van der Waals surface area contributed by atoms with Crippen molar-refractivity contribution in [1.29, 1.82) is 0 Å². The second kappa shape index (κ2) is 7.64. The first-order chi connectivity index (χ1) is 11.4. The molecule has 2 rings (SSSR count). The van der Waals surface area contributed by atoms with Gasteiger partial charge in [-0.1, -0.05) is 0 Å². The number of primary amides is 1. The van der Waals surface area contributed by atoms with Crippen LogP contribution in [0.5, 0.6) is 5.75 Å². The Morgan fingerprint density at radius 2 is 1.92 bits per heavy atom. The first kappa shape index (κ1) is 17.5. The van der Waals surface area contributed by atoms with Crippen LogP contribution in [-0.2, 0) is 0 Å². The number of phenolic OH excluding ortho intramolecular Hbond substituents is 1. The Kier molecular flexibility index (Phi) is 5.58. The summed E-state index contributed by atoms with van der Waals surface area (Å²) >= 11 is 0. The Morgan fingerprint density at radius 3 is 2.50 bits per heavy atom. The van der Waals surface area contributed by atoms with Crippen molar-refractivity contribution in [2.45, 2.75) is 20.8 Å². The van der Waals surface area contributed by atoms with Gasteiger partial charge in [-0.25, -0.2) is 0 Å². The number of benzene rings is 2. The number of rotatable bonds is 6. The fraction of sp³-hybridized carbons (Fsp3) is 0.263. The molecule has 0 bridgehead atoms. The first-order valence-electron chi connectivity index (χ1n) is 7.98. The van der Waals surface area contributed by atoms with E-state index in [2.05, 4.69) is 23.7 Å². The van der Waals surface area contributed by atoms with Crippen LogP contribution < -0.4 is 10.6 Å². The van der Waals surface area contributed by atoms with Crippen LogP contribution in [0.1, 0.15) is 35.3 Å². The second-order valence-electron chi connectivity index (χ2n) is 5.60. The second-order valence-corrected chi connectivity index (χ2v) is 5.60. The Morgan fingerprint density at radius 1 is 1.21 bits per heavy atom. The van der Waals surface area contributed by atoms with Gasteiger partial charge in [0.05, 0.1) is 5.69 Å². The monoisotopic (exact) mass is 325 g/mol. The molecule has 0 fully saturated rings. The first-order valence-corrected chi connectivity index (χ1v) is 7.98. The number of aliphatic imine (C=N–C) groups is 1. The molecule has 0 aromatic heterocycles. The number of phenols is 1. The molecular formula is C19H23N3O2. The molecule has 0 atom stereocenters. The number of aromatic hydroxyl groups is 1. The molecule has 0 saturated carbocycles. The van der Waals surface area contributed by atoms with Crippen LogP contribution in [-0.4, -0.2) is 30.3 Å². The average Bonchev–Trinajstić information content (AvgIpc) is 2.54. The van der Waals surface area contributed by atoms with Gasteiger partial charge in [-0.05, 0) is 56.7 Å². The maximum Gasteiger partial charge on any atom is 0.248 e. The molecule has 3 N–H and O–H groups in total. The van der Waals surface area contributed by atoms with Gasteiger partial charge in [0, 0.05) is 42.2 Å². The van der Waals surface area contributed by atoms with Crippen LogP contribution >= 0.6 is 0 Å². The van der Waals surface area contributed by atoms with Gasteiger partial charge in [-0.2, -0.15) is 0 Å². The molecule has 0 aliphatic carbocycles. The zero-order chi connectivity index (χ0) is 17.7. The number of hydrogen-bond donors (Lipinski definition) is 2. The Labute approximate surface area is 142 Å². The zero-order valence-electron chi connectivity index (χ0n) is 14.3. The number of hydrogen-bond acceptors (Lipinski definition) is 4. The number of amides is 1. The standard InChI is InChI=1S/C19H23N3O2/c1-4-22(5-2)17-7-6-14(18(23)11-17)12-21-16-9-13(3)8-15(10-16)19(20)24/h6-12,23H,4-5H2,1-3H3,(H2,20,24). The highest BCUT2D eigenvalue weighted by atomic mass is 16.3. The molecule has 0 aliphatic rings. The van der Waals surface area contributed by atoms with E-state index in [1.807, 2.05) is 25.1 Å². The predicted molar refractivity (Wildman–Crippen MR) is 98.6 cm³/mol. The maximum absolute atomic E-state index is 11.3. The van der Waals surface area contributed by atoms with E-state index in [1.165, 1.54) is 0 Å². The van der Waals surface area contributed by atoms with Crippen molar-refractivity contribution >= 4 is 23.5 Å². The van der Waals surface area contributed by atoms with Crippen LogP contribution in [0, 0.1) is 6.92 Å². The van der Waals surface area contributed by atoms with Crippen molar-refractivity contribution in [3.8, 4) is 5.75 Å². The minimum Gasteiger partial charge on any atom is -0.507 e. The van der Waals surface area contributed by atoms with Gasteiger partial charge in [0.25, 0.3) is 0 Å². The lowest BCUT2D eigenvalue weighted by atomic mass is 10.1. The quantitative estimate of drug-likeness (QED) is 0.799. The lowest BCUT2D eigenvalue weighted by molar-refractivity contribution is 0.1000. The highest BCUT2D eigenvalue weighted by molar-refractivity contribution is 5.94. The van der Waals surface area contributed by atoms with E-state index in [0.717, 1.165) is 24.3 Å². The maximum atomic E-state index is 11.3. The van der Waals surface area contributed by atoms with Gasteiger partial charge in [0.15, 0.2) is 0 Å². The van der Waals surface area contributed by atoms with Gasteiger partial charge in [-0.15, -0.1) is 0 Å². The highest BCUT2D eigenvalue weighted by Crippen LogP contribution is 2.24. The van der Waals surface area contributed by atoms with Gasteiger partial charge in [0.1, 0.15) is 5.75 Å². The Bertz CT molecular complexity index is 765. The number of carbonyl (C=O) groups excluding carboxylic acids is 1. The fourth-order valence-corrected chi connectivity index (χ4v) is 2.55. The van der Waals surface area contributed by atoms with Crippen molar-refractivity contribution < 1.29 is 9.90 Å². The summed E-state index contributed by atoms with van der Waals surface area (Å²) in [5.74, 6) is -0.312. The molecule has 5 heteroatoms. The largest absolute Gasteiger partial charge is 0.507 e. The van der Waals surface area contributed by atoms with Gasteiger partial charge < -0.3 is 15.7 Å². The molecule has 0 unspecified atom stereocenters. The third-order valence-electron chi connectivity index (χ3n) is 3.84. The average molecular weight is 325 g/mol. The minimum atomic E-state index is -0.485. The van der Waals surface area contributed by atoms with Crippen molar-refractivity contribution in [2.24, 2.45) is 10.7 Å². The lowest BCUT2D eigenvalue weighted by Gasteiger charge is -2.21. The minimum absolute atomic E-state index is 0.172. The topological polar surface area (TPSA) is 78.9 Å². The van der Waals surface area contributed by atoms with Gasteiger partial charge in [-0.3, -0.25) is 9.79 Å². The van der Waals surface area contributed by atoms with E-state index in [9.17, 15) is 9.90 Å². The number of anilines is 1. The van der Waals surface area contributed by atoms with Crippen LogP contribution in [0.2, 0.25) is 0 Å². The summed E-state index contributed by atoms with van der Waals surface area (Å²) in [4.78, 5) is 17.8. The SMILES string of the molecule is CCN(CC)c1ccc(C=Nc2cc(C)cc(C(N)=O)c2)c(O)c1. The number of carbonyl (C=O) groups is 1. The normalized spacial score (nSPS) is 11.0. The van der Waals surface area contributed by atoms with Crippen molar-refractivity contribution in [3.63, 3.8) is 0 Å². The van der Waals surface area contributed by atoms with Crippen LogP contribution in [0.3, 0.4) is 0 Å². The number of nitrogens with zero attached hydrogens (tertiary/aromatic N) is 2. The summed E-state index contributed by atoms with van der Waals surface area (Å²) in [6.45, 7) is 7.78. The van der Waals surface area contributed by atoms with Crippen molar-refractivity contribution in [1.82, 2.24) is 0 Å². The van der Waals surface area contributed by atoms with E-state index in [0.29, 0.717) is 16.8 Å². The zero-order valence-corrected chi connectivity index (χ0v) is 14.3. The van der Waals surface area contributed by atoms with Crippen LogP contribution in [0.25, 0.3) is 0 Å². The molecule has 0 saturated heterocycles. The fourth-order valence-electron chi connectivity index (χ4n) is 2.55. The molecule has 0 radical (unpaired) electrons. The third kappa shape index (κ3) is 4.13. The number of aryl methyl sites for hydroxylation is 1. The summed E-state index contributed by atoms with van der Waals surface area (Å²) in [6.07, 6.45) is 1.58. The summed E-state index contributed by atoms with van der Waals surface area (Å²) in [5.41, 5.74) is 8.85. The molecule has 0 heterocycles. The summed E-state index contributed by atoms with van der Waals surface area (Å²) in [6, 6.07) is 10.7. The van der Waals surface area contributed by atoms with Gasteiger partial charge in [0.2, 0.25) is 5.91 Å². The molecule has 1 amide bonds. The molecule has 0 aliphatic heterocycles. The summed E-state index contributed by atoms with van der Waals surface area (Å²) in [7, 11) is 0. The van der Waals surface area contributed by atoms with E-state index in [-0.39, 0.29) is 5.75 Å². The van der Waals surface area contributed by atoms with Crippen LogP contribution in [0.4, 0.5) is 11.4 Å². The van der Waals surface area contributed by atoms with E-state index in [1.54, 1.807) is 24.4 Å². The van der Waals surface area contributed by atoms with E-state index >= 15 is 0 Å². The summed E-state index contributed by atoms with van der Waals surface area (Å²) < 4.78 is 0. The van der Waals surface area contributed by atoms with Crippen LogP contribution in [0.15, 0.2) is 41.4 Å².